The fourth-order valence-electron chi connectivity index (χ4n) is 8.68. The number of ether oxygens (including phenoxy) is 1. The number of nitrogens with zero attached hydrogens (tertiary/aromatic N) is 3. The Morgan fingerprint density at radius 3 is 1.76 bits per heavy atom. The fourth-order valence-corrected chi connectivity index (χ4v) is 8.68. The van der Waals surface area contributed by atoms with E-state index in [4.69, 9.17) is 4.74 Å². The summed E-state index contributed by atoms with van der Waals surface area (Å²) in [5.41, 5.74) is 2.11. The number of benzene rings is 4. The molecule has 0 bridgehead atoms. The second-order valence-corrected chi connectivity index (χ2v) is 18.8. The zero-order valence-corrected chi connectivity index (χ0v) is 38.2. The van der Waals surface area contributed by atoms with Crippen molar-refractivity contribution < 1.29 is 47.4 Å². The molecule has 7 rings (SSSR count). The van der Waals surface area contributed by atoms with Crippen LogP contribution in [0.2, 0.25) is 0 Å². The van der Waals surface area contributed by atoms with E-state index in [9.17, 15) is 42.7 Å². The fraction of sp³-hybridized carbons (Fsp3) is 0.360. The lowest BCUT2D eigenvalue weighted by Gasteiger charge is -2.41. The third-order valence-corrected chi connectivity index (χ3v) is 11.7. The third-order valence-electron chi connectivity index (χ3n) is 11.7. The molecule has 0 saturated carbocycles. The van der Waals surface area contributed by atoms with Crippen LogP contribution in [0.1, 0.15) is 90.4 Å². The number of anilines is 2. The number of carbonyl (C=O) groups excluding carboxylic acids is 5. The molecule has 5 aromatic rings. The van der Waals surface area contributed by atoms with Crippen molar-refractivity contribution in [3.8, 4) is 11.3 Å². The molecule has 4 atom stereocenters. The largest absolute Gasteiger partial charge is 0.465 e. The van der Waals surface area contributed by atoms with Crippen molar-refractivity contribution in [2.45, 2.75) is 103 Å². The molecule has 2 aliphatic rings. The van der Waals surface area contributed by atoms with E-state index in [0.717, 1.165) is 27.1 Å². The van der Waals surface area contributed by atoms with Crippen molar-refractivity contribution >= 4 is 58.1 Å². The maximum Gasteiger partial charge on any atom is 0.408 e. The number of aromatic amines is 1. The van der Waals surface area contributed by atoms with Crippen LogP contribution >= 0.6 is 0 Å². The summed E-state index contributed by atoms with van der Waals surface area (Å²) in [7, 11) is 0. The number of H-pyrrole nitrogens is 1. The number of halogens is 2. The Bertz CT molecular complexity index is 2660. The number of carboxylic acid groups (broad SMARTS) is 1. The topological polar surface area (TPSA) is 193 Å². The summed E-state index contributed by atoms with van der Waals surface area (Å²) in [5.74, 6) is -2.97. The molecule has 15 nitrogen and oxygen atoms in total. The molecule has 5 N–H and O–H groups in total. The lowest BCUT2D eigenvalue weighted by Crippen LogP contribution is -2.54. The van der Waals surface area contributed by atoms with Crippen LogP contribution in [-0.2, 0) is 23.9 Å². The Labute approximate surface area is 386 Å². The van der Waals surface area contributed by atoms with E-state index in [0.29, 0.717) is 48.2 Å². The van der Waals surface area contributed by atoms with Crippen molar-refractivity contribution in [1.82, 2.24) is 25.0 Å². The number of carbonyl (C=O) groups is 6. The van der Waals surface area contributed by atoms with E-state index >= 15 is 0 Å². The van der Waals surface area contributed by atoms with Gasteiger partial charge in [-0.2, -0.15) is 0 Å². The molecule has 2 saturated heterocycles. The SMILES string of the molecule is CC(C)(C)OC(=O)NC(C(=O)N1CCCC1C(=O)Nc1ccc2[nH]c(-c3ccc(NC(=O)[C@@H]4CCCN4C(=O)[C@@H](c4ccc(F)cc4)N(C(=O)O)C(C)(C)C)cc3)cc2c1)c1ccc(F)cc1. The Balaban J connectivity index is 1.01. The van der Waals surface area contributed by atoms with Gasteiger partial charge < -0.3 is 40.6 Å². The highest BCUT2D eigenvalue weighted by molar-refractivity contribution is 6.01. The predicted octanol–water partition coefficient (Wildman–Crippen LogP) is 8.76. The molecule has 3 heterocycles. The van der Waals surface area contributed by atoms with Gasteiger partial charge in [0.2, 0.25) is 11.8 Å². The number of hydrogen-bond acceptors (Lipinski definition) is 7. The third kappa shape index (κ3) is 11.0. The monoisotopic (exact) mass is 919 g/mol. The normalized spacial score (nSPS) is 17.1. The van der Waals surface area contributed by atoms with Gasteiger partial charge in [0.25, 0.3) is 11.8 Å². The van der Waals surface area contributed by atoms with Crippen LogP contribution in [0.4, 0.5) is 29.7 Å². The van der Waals surface area contributed by atoms with Crippen LogP contribution in [0.25, 0.3) is 22.2 Å². The van der Waals surface area contributed by atoms with Gasteiger partial charge in [-0.25, -0.2) is 18.4 Å². The van der Waals surface area contributed by atoms with Gasteiger partial charge in [-0.15, -0.1) is 0 Å². The molecule has 6 amide bonds. The first kappa shape index (κ1) is 47.7. The minimum absolute atomic E-state index is 0.240. The summed E-state index contributed by atoms with van der Waals surface area (Å²) in [6.45, 7) is 10.6. The molecule has 352 valence electrons. The maximum absolute atomic E-state index is 14.3. The first-order valence-electron chi connectivity index (χ1n) is 22.2. The molecule has 2 fully saturated rings. The van der Waals surface area contributed by atoms with E-state index in [1.807, 2.05) is 24.3 Å². The Morgan fingerprint density at radius 1 is 0.701 bits per heavy atom. The minimum Gasteiger partial charge on any atom is -0.465 e. The summed E-state index contributed by atoms with van der Waals surface area (Å²) in [6, 6.07) is 20.5. The number of likely N-dealkylation sites (tertiary alicyclic amines) is 2. The van der Waals surface area contributed by atoms with Crippen molar-refractivity contribution in [1.29, 1.82) is 0 Å². The predicted molar refractivity (Wildman–Crippen MR) is 248 cm³/mol. The smallest absolute Gasteiger partial charge is 0.408 e. The van der Waals surface area contributed by atoms with Gasteiger partial charge >= 0.3 is 12.2 Å². The number of amides is 6. The molecule has 0 aliphatic carbocycles. The average Bonchev–Trinajstić information content (AvgIpc) is 4.05. The van der Waals surface area contributed by atoms with Gasteiger partial charge in [0.1, 0.15) is 41.4 Å². The lowest BCUT2D eigenvalue weighted by atomic mass is 9.97. The van der Waals surface area contributed by atoms with Crippen molar-refractivity contribution in [3.63, 3.8) is 0 Å². The van der Waals surface area contributed by atoms with Crippen LogP contribution in [0.3, 0.4) is 0 Å². The van der Waals surface area contributed by atoms with E-state index < -0.39 is 82.8 Å². The van der Waals surface area contributed by atoms with Crippen LogP contribution in [-0.4, -0.2) is 96.9 Å². The Morgan fingerprint density at radius 2 is 1.22 bits per heavy atom. The number of rotatable bonds is 11. The second-order valence-electron chi connectivity index (χ2n) is 18.8. The van der Waals surface area contributed by atoms with Crippen LogP contribution in [0, 0.1) is 11.6 Å². The number of aromatic nitrogens is 1. The Kier molecular flexibility index (Phi) is 13.7. The van der Waals surface area contributed by atoms with Crippen LogP contribution in [0.15, 0.2) is 97.1 Å². The quantitative estimate of drug-likeness (QED) is 0.0868. The number of alkyl carbamates (subject to hydrolysis) is 1. The molecule has 0 spiro atoms. The summed E-state index contributed by atoms with van der Waals surface area (Å²) >= 11 is 0. The summed E-state index contributed by atoms with van der Waals surface area (Å²) < 4.78 is 33.1. The molecule has 4 aromatic carbocycles. The molecule has 2 aliphatic heterocycles. The molecular weight excluding hydrogens is 865 g/mol. The lowest BCUT2D eigenvalue weighted by molar-refractivity contribution is -0.142. The van der Waals surface area contributed by atoms with Gasteiger partial charge in [-0.05, 0) is 145 Å². The highest BCUT2D eigenvalue weighted by Crippen LogP contribution is 2.34. The molecule has 0 radical (unpaired) electrons. The highest BCUT2D eigenvalue weighted by Gasteiger charge is 2.45. The number of nitrogens with one attached hydrogen (secondary N) is 4. The summed E-state index contributed by atoms with van der Waals surface area (Å²) in [5, 5.41) is 19.5. The maximum atomic E-state index is 14.3. The van der Waals surface area contributed by atoms with Gasteiger partial charge in [0.15, 0.2) is 0 Å². The van der Waals surface area contributed by atoms with Crippen molar-refractivity contribution in [3.05, 3.63) is 120 Å². The number of fused-ring (bicyclic) bond motifs is 1. The van der Waals surface area contributed by atoms with Gasteiger partial charge in [0.05, 0.1) is 0 Å². The second kappa shape index (κ2) is 19.3. The van der Waals surface area contributed by atoms with E-state index in [1.165, 1.54) is 58.3 Å². The molecule has 17 heteroatoms. The summed E-state index contributed by atoms with van der Waals surface area (Å²) in [6.07, 6.45) is -0.314. The van der Waals surface area contributed by atoms with Crippen LogP contribution < -0.4 is 16.0 Å². The molecular formula is C50H55F2N7O8. The zero-order valence-electron chi connectivity index (χ0n) is 38.2. The molecule has 67 heavy (non-hydrogen) atoms. The van der Waals surface area contributed by atoms with Gasteiger partial charge in [0, 0.05) is 46.6 Å². The van der Waals surface area contributed by atoms with Crippen molar-refractivity contribution in [2.24, 2.45) is 0 Å². The van der Waals surface area contributed by atoms with E-state index in [-0.39, 0.29) is 13.1 Å². The number of hydrogen-bond donors (Lipinski definition) is 5. The standard InChI is InChI=1S/C50H55F2N7O8/c1-49(2,3)59(48(65)66)42(31-13-19-34(52)20-14-31)46(63)58-26-8-10-40(58)43(60)53-35-21-15-29(16-22-35)38-28-32-27-36(23-24-37(32)55-38)54-44(61)39-9-7-25-57(39)45(62)41(30-11-17-33(51)18-12-30)56-47(64)67-50(4,5)6/h11-24,27-28,39-42,55H,7-10,25-26H2,1-6H3,(H,53,60)(H,54,61)(H,56,64)(H,65,66)/t39?,40-,41?,42+/m0/s1. The first-order valence-corrected chi connectivity index (χ1v) is 22.2. The van der Waals surface area contributed by atoms with Gasteiger partial charge in [-0.3, -0.25) is 24.1 Å². The van der Waals surface area contributed by atoms with Crippen molar-refractivity contribution in [2.75, 3.05) is 23.7 Å². The molecule has 1 aromatic heterocycles. The Hall–Kier alpha value is -7.30. The minimum atomic E-state index is -1.33. The average molecular weight is 920 g/mol. The summed E-state index contributed by atoms with van der Waals surface area (Å²) in [4.78, 5) is 88.5. The van der Waals surface area contributed by atoms with Crippen LogP contribution in [0.5, 0.6) is 0 Å². The zero-order chi connectivity index (χ0) is 48.4. The van der Waals surface area contributed by atoms with Gasteiger partial charge in [-0.1, -0.05) is 36.4 Å². The first-order chi connectivity index (χ1) is 31.7. The van der Waals surface area contributed by atoms with E-state index in [1.54, 1.807) is 65.8 Å². The van der Waals surface area contributed by atoms with E-state index in [2.05, 4.69) is 20.9 Å². The molecule has 2 unspecified atom stereocenters. The highest BCUT2D eigenvalue weighted by atomic mass is 19.1.